The van der Waals surface area contributed by atoms with Gasteiger partial charge in [-0.3, -0.25) is 14.0 Å². The number of hydrogen-bond acceptors (Lipinski definition) is 4. The van der Waals surface area contributed by atoms with Gasteiger partial charge in [-0.15, -0.1) is 0 Å². The van der Waals surface area contributed by atoms with Crippen LogP contribution in [0.25, 0.3) is 5.65 Å². The normalized spacial score (nSPS) is 33.4. The van der Waals surface area contributed by atoms with Gasteiger partial charge in [0.1, 0.15) is 17.0 Å². The first-order valence-electron chi connectivity index (χ1n) is 14.1. The van der Waals surface area contributed by atoms with Crippen LogP contribution in [0.4, 0.5) is 0 Å². The third-order valence-corrected chi connectivity index (χ3v) is 9.81. The molecule has 2 aromatic heterocycles. The van der Waals surface area contributed by atoms with Crippen molar-refractivity contribution in [1.29, 1.82) is 0 Å². The van der Waals surface area contributed by atoms with E-state index < -0.39 is 0 Å². The van der Waals surface area contributed by atoms with E-state index in [-0.39, 0.29) is 17.2 Å². The molecule has 3 heterocycles. The number of carbonyl (C=O) groups is 2. The van der Waals surface area contributed by atoms with Crippen LogP contribution < -0.4 is 5.32 Å². The predicted octanol–water partition coefficient (Wildman–Crippen LogP) is 3.94. The minimum atomic E-state index is -0.0837. The van der Waals surface area contributed by atoms with E-state index in [2.05, 4.69) is 29.2 Å². The van der Waals surface area contributed by atoms with Crippen LogP contribution in [0.2, 0.25) is 0 Å². The van der Waals surface area contributed by atoms with Gasteiger partial charge in [-0.1, -0.05) is 13.0 Å². The average Bonchev–Trinajstić information content (AvgIpc) is 3.75. The highest BCUT2D eigenvalue weighted by Gasteiger charge is 2.59. The maximum Gasteiger partial charge on any atom is 0.273 e. The second-order valence-corrected chi connectivity index (χ2v) is 12.5. The molecule has 0 aromatic carbocycles. The second-order valence-electron chi connectivity index (χ2n) is 12.5. The lowest BCUT2D eigenvalue weighted by Crippen LogP contribution is -2.40. The lowest BCUT2D eigenvalue weighted by Gasteiger charge is -2.33. The Hall–Kier alpha value is -2.41. The number of nitrogens with zero attached hydrogens (tertiary/aromatic N) is 4. The van der Waals surface area contributed by atoms with Crippen molar-refractivity contribution in [2.45, 2.75) is 51.9 Å². The van der Waals surface area contributed by atoms with Gasteiger partial charge in [0, 0.05) is 32.9 Å². The van der Waals surface area contributed by atoms with Gasteiger partial charge in [-0.05, 0) is 106 Å². The molecule has 5 unspecified atom stereocenters. The van der Waals surface area contributed by atoms with Crippen LogP contribution in [-0.4, -0.2) is 71.3 Å². The number of imidazole rings is 1. The fraction of sp³-hybridized carbons (Fsp3) is 0.690. The number of amides is 2. The van der Waals surface area contributed by atoms with Crippen LogP contribution >= 0.6 is 0 Å². The van der Waals surface area contributed by atoms with Crippen molar-refractivity contribution >= 4 is 17.5 Å². The van der Waals surface area contributed by atoms with Crippen molar-refractivity contribution in [1.82, 2.24) is 24.5 Å². The van der Waals surface area contributed by atoms with Gasteiger partial charge >= 0.3 is 0 Å². The molecule has 1 saturated heterocycles. The van der Waals surface area contributed by atoms with E-state index in [4.69, 9.17) is 0 Å². The molecule has 36 heavy (non-hydrogen) atoms. The summed E-state index contributed by atoms with van der Waals surface area (Å²) in [4.78, 5) is 35.3. The van der Waals surface area contributed by atoms with E-state index >= 15 is 0 Å². The molecule has 2 amide bonds. The van der Waals surface area contributed by atoms with Crippen LogP contribution in [0.5, 0.6) is 0 Å². The summed E-state index contributed by atoms with van der Waals surface area (Å²) in [6.07, 6.45) is 10.5. The van der Waals surface area contributed by atoms with Crippen LogP contribution in [0.15, 0.2) is 24.4 Å². The van der Waals surface area contributed by atoms with E-state index in [1.807, 2.05) is 25.2 Å². The topological polar surface area (TPSA) is 70.0 Å². The molecule has 6 rings (SSSR count). The Bertz CT molecular complexity index is 1140. The lowest BCUT2D eigenvalue weighted by molar-refractivity contribution is 0.0735. The number of aromatic nitrogens is 2. The largest absolute Gasteiger partial charge is 0.350 e. The molecule has 194 valence electrons. The molecule has 4 fully saturated rings. The third kappa shape index (κ3) is 4.55. The predicted molar refractivity (Wildman–Crippen MR) is 140 cm³/mol. The van der Waals surface area contributed by atoms with Crippen molar-refractivity contribution in [3.8, 4) is 0 Å². The van der Waals surface area contributed by atoms with Gasteiger partial charge in [-0.25, -0.2) is 4.98 Å². The highest BCUT2D eigenvalue weighted by molar-refractivity contribution is 5.95. The number of nitrogens with one attached hydrogen (secondary N) is 1. The summed E-state index contributed by atoms with van der Waals surface area (Å²) >= 11 is 0. The molecule has 7 heteroatoms. The number of fused-ring (bicyclic) bond motifs is 4. The first-order valence-corrected chi connectivity index (χ1v) is 14.1. The number of hydrogen-bond donors (Lipinski definition) is 1. The first-order chi connectivity index (χ1) is 17.4. The smallest absolute Gasteiger partial charge is 0.273 e. The van der Waals surface area contributed by atoms with Crippen molar-refractivity contribution in [3.05, 3.63) is 35.8 Å². The Balaban J connectivity index is 1.14. The van der Waals surface area contributed by atoms with E-state index in [0.29, 0.717) is 23.0 Å². The number of pyridine rings is 1. The van der Waals surface area contributed by atoms with Gasteiger partial charge in [0.15, 0.2) is 0 Å². The Morgan fingerprint density at radius 1 is 1.19 bits per heavy atom. The fourth-order valence-corrected chi connectivity index (χ4v) is 7.56. The maximum atomic E-state index is 13.4. The number of likely N-dealkylation sites (tertiary alicyclic amines) is 1. The second kappa shape index (κ2) is 9.16. The Morgan fingerprint density at radius 3 is 2.64 bits per heavy atom. The summed E-state index contributed by atoms with van der Waals surface area (Å²) in [5.41, 5.74) is 1.81. The molecular weight excluding hydrogens is 450 g/mol. The molecule has 3 aliphatic carbocycles. The number of rotatable bonds is 7. The van der Waals surface area contributed by atoms with Crippen LogP contribution in [0.1, 0.15) is 72.8 Å². The van der Waals surface area contributed by atoms with Crippen molar-refractivity contribution < 1.29 is 9.59 Å². The molecule has 7 nitrogen and oxygen atoms in total. The van der Waals surface area contributed by atoms with Crippen molar-refractivity contribution in [2.75, 3.05) is 40.3 Å². The van der Waals surface area contributed by atoms with E-state index in [0.717, 1.165) is 62.7 Å². The van der Waals surface area contributed by atoms with Gasteiger partial charge in [0.2, 0.25) is 0 Å². The van der Waals surface area contributed by atoms with Crippen LogP contribution in [-0.2, 0) is 0 Å². The molecular formula is C29H41N5O2. The Morgan fingerprint density at radius 2 is 1.94 bits per heavy atom. The average molecular weight is 492 g/mol. The molecule has 0 spiro atoms. The number of piperidine rings is 1. The SMILES string of the molecule is CCC1(CNC(=O)c2cccc3nc(C(=O)N(C)CC4CCCN(C)C4)cn23)CC2CC2[C@H]2CC2C1. The van der Waals surface area contributed by atoms with E-state index in [9.17, 15) is 9.59 Å². The van der Waals surface area contributed by atoms with Crippen LogP contribution in [0, 0.1) is 35.0 Å². The fourth-order valence-electron chi connectivity index (χ4n) is 7.56. The van der Waals surface area contributed by atoms with Gasteiger partial charge < -0.3 is 15.1 Å². The first kappa shape index (κ1) is 24.0. The van der Waals surface area contributed by atoms with E-state index in [1.54, 1.807) is 15.5 Å². The van der Waals surface area contributed by atoms with E-state index in [1.165, 1.54) is 32.1 Å². The van der Waals surface area contributed by atoms with Gasteiger partial charge in [-0.2, -0.15) is 0 Å². The zero-order valence-electron chi connectivity index (χ0n) is 22.1. The molecule has 6 atom stereocenters. The zero-order chi connectivity index (χ0) is 25.0. The van der Waals surface area contributed by atoms with Crippen molar-refractivity contribution in [2.24, 2.45) is 35.0 Å². The molecule has 3 saturated carbocycles. The molecule has 0 radical (unpaired) electrons. The molecule has 4 aliphatic rings. The minimum Gasteiger partial charge on any atom is -0.350 e. The Kier molecular flexibility index (Phi) is 6.09. The standard InChI is InChI=1S/C29H41N5O2/c1-4-29(13-20-11-22(20)23-12-21(23)14-29)18-30-27(35)25-8-5-9-26-31-24(17-34(25)26)28(36)33(3)16-19-7-6-10-32(2)15-19/h5,8-9,17,19-23H,4,6-7,10-16,18H2,1-3H3,(H,30,35)/t19?,20?,21?,22-,23?,29?/m0/s1. The highest BCUT2D eigenvalue weighted by atomic mass is 16.2. The van der Waals surface area contributed by atoms with Gasteiger partial charge in [0.25, 0.3) is 11.8 Å². The monoisotopic (exact) mass is 491 g/mol. The summed E-state index contributed by atoms with van der Waals surface area (Å²) in [6, 6.07) is 5.56. The van der Waals surface area contributed by atoms with Crippen molar-refractivity contribution in [3.63, 3.8) is 0 Å². The summed E-state index contributed by atoms with van der Waals surface area (Å²) in [7, 11) is 4.01. The maximum absolute atomic E-state index is 13.4. The number of carbonyl (C=O) groups excluding carboxylic acids is 2. The quantitative estimate of drug-likeness (QED) is 0.637. The van der Waals surface area contributed by atoms with Crippen LogP contribution in [0.3, 0.4) is 0 Å². The lowest BCUT2D eigenvalue weighted by atomic mass is 9.76. The zero-order valence-corrected chi connectivity index (χ0v) is 22.1. The molecule has 0 bridgehead atoms. The third-order valence-electron chi connectivity index (χ3n) is 9.81. The minimum absolute atomic E-state index is 0.0765. The summed E-state index contributed by atoms with van der Waals surface area (Å²) < 4.78 is 1.78. The molecule has 1 aliphatic heterocycles. The van der Waals surface area contributed by atoms with Gasteiger partial charge in [0.05, 0.1) is 0 Å². The molecule has 1 N–H and O–H groups in total. The summed E-state index contributed by atoms with van der Waals surface area (Å²) in [5, 5.41) is 3.29. The summed E-state index contributed by atoms with van der Waals surface area (Å²) in [6.45, 7) is 5.92. The Labute approximate surface area is 214 Å². The molecule has 2 aromatic rings. The highest BCUT2D eigenvalue weighted by Crippen LogP contribution is 2.67. The summed E-state index contributed by atoms with van der Waals surface area (Å²) in [5.74, 6) is 4.06.